The van der Waals surface area contributed by atoms with Crippen LogP contribution in [0.3, 0.4) is 0 Å². The quantitative estimate of drug-likeness (QED) is 0.671. The minimum absolute atomic E-state index is 0.253. The van der Waals surface area contributed by atoms with Crippen molar-refractivity contribution in [2.45, 2.75) is 31.2 Å². The average Bonchev–Trinajstić information content (AvgIpc) is 3.21. The zero-order chi connectivity index (χ0) is 12.7. The summed E-state index contributed by atoms with van der Waals surface area (Å²) in [7, 11) is 0. The van der Waals surface area contributed by atoms with E-state index in [2.05, 4.69) is 21.2 Å². The van der Waals surface area contributed by atoms with Gasteiger partial charge in [-0.2, -0.15) is 0 Å². The summed E-state index contributed by atoms with van der Waals surface area (Å²) in [6.45, 7) is 1.00. The first-order valence-electron chi connectivity index (χ1n) is 6.32. The number of nitro groups is 1. The lowest BCUT2D eigenvalue weighted by Gasteiger charge is -2.04. The van der Waals surface area contributed by atoms with E-state index in [1.54, 1.807) is 6.07 Å². The fourth-order valence-electron chi connectivity index (χ4n) is 2.45. The van der Waals surface area contributed by atoms with Gasteiger partial charge in [0.15, 0.2) is 0 Å². The van der Waals surface area contributed by atoms with Crippen molar-refractivity contribution in [2.75, 3.05) is 6.54 Å². The van der Waals surface area contributed by atoms with Gasteiger partial charge in [0.25, 0.3) is 5.69 Å². The molecule has 0 spiro atoms. The number of rotatable bonds is 5. The summed E-state index contributed by atoms with van der Waals surface area (Å²) >= 11 is 3.29. The lowest BCUT2D eigenvalue weighted by atomic mass is 10.1. The van der Waals surface area contributed by atoms with E-state index in [1.807, 2.05) is 12.1 Å². The molecule has 0 aliphatic heterocycles. The third-order valence-electron chi connectivity index (χ3n) is 3.76. The molecule has 1 aromatic rings. The van der Waals surface area contributed by atoms with E-state index >= 15 is 0 Å². The van der Waals surface area contributed by atoms with Crippen LogP contribution in [0.2, 0.25) is 0 Å². The van der Waals surface area contributed by atoms with Gasteiger partial charge in [-0.15, -0.1) is 0 Å². The van der Waals surface area contributed by atoms with E-state index in [4.69, 9.17) is 0 Å². The summed E-state index contributed by atoms with van der Waals surface area (Å²) in [5.41, 5.74) is 1.15. The summed E-state index contributed by atoms with van der Waals surface area (Å²) in [5.74, 6) is 0.940. The number of hydrogen-bond donors (Lipinski definition) is 1. The van der Waals surface area contributed by atoms with E-state index in [-0.39, 0.29) is 10.6 Å². The largest absolute Gasteiger partial charge is 0.314 e. The van der Waals surface area contributed by atoms with Crippen LogP contribution >= 0.6 is 15.9 Å². The maximum absolute atomic E-state index is 11.1. The molecule has 96 valence electrons. The molecular weight excluding hydrogens is 296 g/mol. The fraction of sp³-hybridized carbons (Fsp3) is 0.538. The Balaban J connectivity index is 1.70. The van der Waals surface area contributed by atoms with Crippen LogP contribution in [-0.4, -0.2) is 17.5 Å². The molecule has 2 atom stereocenters. The first kappa shape index (κ1) is 12.1. The van der Waals surface area contributed by atoms with E-state index in [9.17, 15) is 10.1 Å². The number of nitro benzene ring substituents is 1. The van der Waals surface area contributed by atoms with Crippen LogP contribution in [0.15, 0.2) is 22.7 Å². The van der Waals surface area contributed by atoms with Crippen LogP contribution < -0.4 is 5.32 Å². The Labute approximate surface area is 114 Å². The topological polar surface area (TPSA) is 55.2 Å². The van der Waals surface area contributed by atoms with Crippen LogP contribution in [0.25, 0.3) is 0 Å². The van der Waals surface area contributed by atoms with Gasteiger partial charge in [-0.1, -0.05) is 22.0 Å². The Morgan fingerprint density at radius 2 is 2.22 bits per heavy atom. The molecule has 0 saturated heterocycles. The standard InChI is InChI=1S/C13H15BrN2O2/c14-9-1-4-11(13(6-9)16(17)18)12-5-8(12)7-15-10-2-3-10/h1,4,6,8,10,12,15H,2-3,5,7H2. The molecule has 0 heterocycles. The molecule has 2 aliphatic rings. The van der Waals surface area contributed by atoms with Gasteiger partial charge in [-0.25, -0.2) is 0 Å². The molecule has 1 aromatic carbocycles. The van der Waals surface area contributed by atoms with E-state index in [0.717, 1.165) is 23.0 Å². The smallest absolute Gasteiger partial charge is 0.274 e. The third kappa shape index (κ3) is 2.57. The van der Waals surface area contributed by atoms with Gasteiger partial charge >= 0.3 is 0 Å². The highest BCUT2D eigenvalue weighted by Crippen LogP contribution is 2.50. The molecule has 0 amide bonds. The summed E-state index contributed by atoms with van der Waals surface area (Å²) in [6.07, 6.45) is 3.65. The van der Waals surface area contributed by atoms with Gasteiger partial charge in [-0.05, 0) is 43.7 Å². The highest BCUT2D eigenvalue weighted by atomic mass is 79.9. The average molecular weight is 311 g/mol. The monoisotopic (exact) mass is 310 g/mol. The molecule has 2 saturated carbocycles. The Bertz CT molecular complexity index is 488. The van der Waals surface area contributed by atoms with E-state index < -0.39 is 0 Å². The molecule has 4 nitrogen and oxygen atoms in total. The van der Waals surface area contributed by atoms with Crippen LogP contribution in [0.5, 0.6) is 0 Å². The Hall–Kier alpha value is -0.940. The van der Waals surface area contributed by atoms with Crippen molar-refractivity contribution >= 4 is 21.6 Å². The van der Waals surface area contributed by atoms with E-state index in [0.29, 0.717) is 17.9 Å². The normalized spacial score (nSPS) is 26.1. The summed E-state index contributed by atoms with van der Waals surface area (Å²) < 4.78 is 0.770. The molecule has 2 fully saturated rings. The van der Waals surface area contributed by atoms with Gasteiger partial charge in [0, 0.05) is 22.1 Å². The summed E-state index contributed by atoms with van der Waals surface area (Å²) in [5, 5.41) is 14.6. The maximum atomic E-state index is 11.1. The van der Waals surface area contributed by atoms with Gasteiger partial charge < -0.3 is 5.32 Å². The first-order valence-corrected chi connectivity index (χ1v) is 7.11. The van der Waals surface area contributed by atoms with Gasteiger partial charge in [0.05, 0.1) is 4.92 Å². The van der Waals surface area contributed by atoms with Crippen molar-refractivity contribution < 1.29 is 4.92 Å². The second-order valence-electron chi connectivity index (χ2n) is 5.25. The molecule has 18 heavy (non-hydrogen) atoms. The lowest BCUT2D eigenvalue weighted by Crippen LogP contribution is -2.19. The molecular formula is C13H15BrN2O2. The predicted octanol–water partition coefficient (Wildman–Crippen LogP) is 3.21. The fourth-order valence-corrected chi connectivity index (χ4v) is 2.80. The number of nitrogens with zero attached hydrogens (tertiary/aromatic N) is 1. The third-order valence-corrected chi connectivity index (χ3v) is 4.25. The molecule has 5 heteroatoms. The molecule has 2 unspecified atom stereocenters. The van der Waals surface area contributed by atoms with Crippen LogP contribution in [-0.2, 0) is 0 Å². The minimum atomic E-state index is -0.274. The van der Waals surface area contributed by atoms with Gasteiger partial charge in [0.1, 0.15) is 0 Å². The molecule has 2 aliphatic carbocycles. The van der Waals surface area contributed by atoms with Crippen LogP contribution in [0.4, 0.5) is 5.69 Å². The number of halogens is 1. The zero-order valence-corrected chi connectivity index (χ0v) is 11.5. The second-order valence-corrected chi connectivity index (χ2v) is 6.16. The molecule has 3 rings (SSSR count). The Kier molecular flexibility index (Phi) is 3.11. The van der Waals surface area contributed by atoms with Gasteiger partial charge in [0.2, 0.25) is 0 Å². The predicted molar refractivity (Wildman–Crippen MR) is 72.7 cm³/mol. The van der Waals surface area contributed by atoms with Crippen molar-refractivity contribution in [1.82, 2.24) is 5.32 Å². The highest BCUT2D eigenvalue weighted by molar-refractivity contribution is 9.10. The molecule has 0 bridgehead atoms. The maximum Gasteiger partial charge on any atom is 0.274 e. The summed E-state index contributed by atoms with van der Waals surface area (Å²) in [4.78, 5) is 10.8. The number of hydrogen-bond acceptors (Lipinski definition) is 3. The lowest BCUT2D eigenvalue weighted by molar-refractivity contribution is -0.385. The molecule has 0 radical (unpaired) electrons. The number of benzene rings is 1. The minimum Gasteiger partial charge on any atom is -0.314 e. The second kappa shape index (κ2) is 4.63. The van der Waals surface area contributed by atoms with Crippen molar-refractivity contribution in [3.8, 4) is 0 Å². The summed E-state index contributed by atoms with van der Waals surface area (Å²) in [6, 6.07) is 6.11. The van der Waals surface area contributed by atoms with Crippen LogP contribution in [0, 0.1) is 16.0 Å². The van der Waals surface area contributed by atoms with E-state index in [1.165, 1.54) is 12.8 Å². The van der Waals surface area contributed by atoms with Crippen molar-refractivity contribution in [1.29, 1.82) is 0 Å². The Morgan fingerprint density at radius 1 is 1.44 bits per heavy atom. The molecule has 0 aromatic heterocycles. The van der Waals surface area contributed by atoms with Crippen molar-refractivity contribution in [3.63, 3.8) is 0 Å². The van der Waals surface area contributed by atoms with Crippen molar-refractivity contribution in [3.05, 3.63) is 38.3 Å². The number of nitrogens with one attached hydrogen (secondary N) is 1. The zero-order valence-electron chi connectivity index (χ0n) is 9.93. The highest BCUT2D eigenvalue weighted by Gasteiger charge is 2.42. The van der Waals surface area contributed by atoms with Gasteiger partial charge in [-0.3, -0.25) is 10.1 Å². The van der Waals surface area contributed by atoms with Crippen LogP contribution in [0.1, 0.15) is 30.7 Å². The first-order chi connectivity index (χ1) is 8.65. The SMILES string of the molecule is O=[N+]([O-])c1cc(Br)ccc1C1CC1CNC1CC1. The molecule has 1 N–H and O–H groups in total. The van der Waals surface area contributed by atoms with Crippen molar-refractivity contribution in [2.24, 2.45) is 5.92 Å². The Morgan fingerprint density at radius 3 is 2.89 bits per heavy atom.